The van der Waals surface area contributed by atoms with Crippen molar-refractivity contribution in [1.82, 2.24) is 0 Å². The van der Waals surface area contributed by atoms with E-state index in [4.69, 9.17) is 5.73 Å². The normalized spacial score (nSPS) is 10.2. The molecule has 0 unspecified atom stereocenters. The van der Waals surface area contributed by atoms with Gasteiger partial charge in [0.25, 0.3) is 5.91 Å². The number of nitrogens with two attached hydrogens (primary N) is 1. The van der Waals surface area contributed by atoms with E-state index in [1.165, 1.54) is 11.0 Å². The van der Waals surface area contributed by atoms with Crippen LogP contribution in [0.15, 0.2) is 42.5 Å². The number of nitrogens with zero attached hydrogens (tertiary/aromatic N) is 1. The molecule has 0 fully saturated rings. The highest BCUT2D eigenvalue weighted by Crippen LogP contribution is 2.21. The zero-order valence-corrected chi connectivity index (χ0v) is 10.9. The summed E-state index contributed by atoms with van der Waals surface area (Å²) in [7, 11) is 1.69. The van der Waals surface area contributed by atoms with E-state index in [0.29, 0.717) is 16.8 Å². The molecule has 0 bridgehead atoms. The molecule has 0 aliphatic heterocycles. The topological polar surface area (TPSA) is 66.6 Å². The summed E-state index contributed by atoms with van der Waals surface area (Å²) in [5, 5.41) is 9.48. The molecule has 0 spiro atoms. The second-order valence-electron chi connectivity index (χ2n) is 4.46. The van der Waals surface area contributed by atoms with Gasteiger partial charge in [0.1, 0.15) is 5.75 Å². The van der Waals surface area contributed by atoms with Crippen LogP contribution in [-0.4, -0.2) is 18.1 Å². The highest BCUT2D eigenvalue weighted by molar-refractivity contribution is 6.06. The first kappa shape index (κ1) is 13.0. The number of hydrogen-bond donors (Lipinski definition) is 2. The predicted molar refractivity (Wildman–Crippen MR) is 76.4 cm³/mol. The van der Waals surface area contributed by atoms with Crippen LogP contribution in [0.5, 0.6) is 5.75 Å². The summed E-state index contributed by atoms with van der Waals surface area (Å²) in [4.78, 5) is 13.9. The van der Waals surface area contributed by atoms with E-state index in [9.17, 15) is 9.90 Å². The van der Waals surface area contributed by atoms with Gasteiger partial charge in [-0.05, 0) is 48.9 Å². The van der Waals surface area contributed by atoms with Crippen molar-refractivity contribution in [3.05, 3.63) is 53.6 Å². The number of benzene rings is 2. The Hall–Kier alpha value is -2.49. The number of carbonyl (C=O) groups excluding carboxylic acids is 1. The van der Waals surface area contributed by atoms with Crippen molar-refractivity contribution in [3.8, 4) is 5.75 Å². The van der Waals surface area contributed by atoms with E-state index < -0.39 is 0 Å². The molecule has 0 heterocycles. The Kier molecular flexibility index (Phi) is 3.42. The minimum atomic E-state index is -0.145. The van der Waals surface area contributed by atoms with Gasteiger partial charge in [-0.2, -0.15) is 0 Å². The van der Waals surface area contributed by atoms with E-state index >= 15 is 0 Å². The van der Waals surface area contributed by atoms with E-state index in [-0.39, 0.29) is 11.7 Å². The van der Waals surface area contributed by atoms with Gasteiger partial charge in [0.15, 0.2) is 0 Å². The van der Waals surface area contributed by atoms with Crippen molar-refractivity contribution in [1.29, 1.82) is 0 Å². The van der Waals surface area contributed by atoms with Gasteiger partial charge >= 0.3 is 0 Å². The summed E-state index contributed by atoms with van der Waals surface area (Å²) in [5.74, 6) is 0.0388. The van der Waals surface area contributed by atoms with Crippen LogP contribution in [0.3, 0.4) is 0 Å². The fraction of sp³-hybridized carbons (Fsp3) is 0.133. The van der Waals surface area contributed by atoms with Crippen LogP contribution in [0.4, 0.5) is 11.4 Å². The van der Waals surface area contributed by atoms with Crippen LogP contribution >= 0.6 is 0 Å². The smallest absolute Gasteiger partial charge is 0.258 e. The molecule has 19 heavy (non-hydrogen) atoms. The highest BCUT2D eigenvalue weighted by atomic mass is 16.3. The van der Waals surface area contributed by atoms with E-state index in [1.807, 2.05) is 6.07 Å². The molecule has 0 saturated heterocycles. The molecule has 2 aromatic carbocycles. The summed E-state index contributed by atoms with van der Waals surface area (Å²) in [6.45, 7) is 1.76. The van der Waals surface area contributed by atoms with Crippen molar-refractivity contribution in [3.63, 3.8) is 0 Å². The summed E-state index contributed by atoms with van der Waals surface area (Å²) < 4.78 is 0. The van der Waals surface area contributed by atoms with Crippen LogP contribution in [0.2, 0.25) is 0 Å². The van der Waals surface area contributed by atoms with Gasteiger partial charge in [0.2, 0.25) is 0 Å². The van der Waals surface area contributed by atoms with Crippen LogP contribution in [-0.2, 0) is 0 Å². The molecule has 0 radical (unpaired) electrons. The molecule has 98 valence electrons. The van der Waals surface area contributed by atoms with E-state index in [0.717, 1.165) is 5.69 Å². The summed E-state index contributed by atoms with van der Waals surface area (Å²) in [6.07, 6.45) is 0. The van der Waals surface area contributed by atoms with Crippen LogP contribution in [0.25, 0.3) is 0 Å². The SMILES string of the molecule is Cc1cc(C(=O)N(C)c2cccc(N)c2)ccc1O. The Bertz CT molecular complexity index is 623. The largest absolute Gasteiger partial charge is 0.508 e. The van der Waals surface area contributed by atoms with Crippen molar-refractivity contribution in [2.45, 2.75) is 6.92 Å². The lowest BCUT2D eigenvalue weighted by molar-refractivity contribution is 0.0993. The van der Waals surface area contributed by atoms with Gasteiger partial charge in [0.05, 0.1) is 0 Å². The molecular weight excluding hydrogens is 240 g/mol. The maximum absolute atomic E-state index is 12.3. The third-order valence-corrected chi connectivity index (χ3v) is 3.01. The first-order valence-corrected chi connectivity index (χ1v) is 5.92. The van der Waals surface area contributed by atoms with Crippen LogP contribution in [0.1, 0.15) is 15.9 Å². The second kappa shape index (κ2) is 5.02. The number of amides is 1. The maximum Gasteiger partial charge on any atom is 0.258 e. The van der Waals surface area contributed by atoms with E-state index in [2.05, 4.69) is 0 Å². The molecule has 1 amide bonds. The Balaban J connectivity index is 2.30. The summed E-state index contributed by atoms with van der Waals surface area (Å²) >= 11 is 0. The maximum atomic E-state index is 12.3. The summed E-state index contributed by atoms with van der Waals surface area (Å²) in [5.41, 5.74) is 8.25. The van der Waals surface area contributed by atoms with Crippen LogP contribution < -0.4 is 10.6 Å². The Morgan fingerprint density at radius 3 is 2.58 bits per heavy atom. The molecule has 2 aromatic rings. The van der Waals surface area contributed by atoms with Crippen molar-refractivity contribution >= 4 is 17.3 Å². The second-order valence-corrected chi connectivity index (χ2v) is 4.46. The van der Waals surface area contributed by atoms with Gasteiger partial charge in [-0.25, -0.2) is 0 Å². The van der Waals surface area contributed by atoms with Crippen LogP contribution in [0, 0.1) is 6.92 Å². The van der Waals surface area contributed by atoms with Gasteiger partial charge in [-0.15, -0.1) is 0 Å². The molecule has 0 aliphatic carbocycles. The Morgan fingerprint density at radius 1 is 1.21 bits per heavy atom. The van der Waals surface area contributed by atoms with Gasteiger partial charge in [-0.1, -0.05) is 6.07 Å². The Labute approximate surface area is 112 Å². The molecule has 4 heteroatoms. The number of aryl methyl sites for hydroxylation is 1. The fourth-order valence-electron chi connectivity index (χ4n) is 1.83. The minimum absolute atomic E-state index is 0.145. The standard InChI is InChI=1S/C15H16N2O2/c1-10-8-11(6-7-14(10)18)15(19)17(2)13-5-3-4-12(16)9-13/h3-9,18H,16H2,1-2H3. The van der Waals surface area contributed by atoms with Crippen molar-refractivity contribution in [2.75, 3.05) is 17.7 Å². The quantitative estimate of drug-likeness (QED) is 0.811. The molecule has 0 atom stereocenters. The fourth-order valence-corrected chi connectivity index (χ4v) is 1.83. The molecule has 0 aliphatic rings. The number of phenolic OH excluding ortho intramolecular Hbond substituents is 1. The number of phenols is 1. The number of hydrogen-bond acceptors (Lipinski definition) is 3. The third kappa shape index (κ3) is 2.68. The van der Waals surface area contributed by atoms with E-state index in [1.54, 1.807) is 44.3 Å². The lowest BCUT2D eigenvalue weighted by Crippen LogP contribution is -2.26. The highest BCUT2D eigenvalue weighted by Gasteiger charge is 2.14. The number of rotatable bonds is 2. The minimum Gasteiger partial charge on any atom is -0.508 e. The number of carbonyl (C=O) groups is 1. The number of aromatic hydroxyl groups is 1. The lowest BCUT2D eigenvalue weighted by Gasteiger charge is -2.18. The van der Waals surface area contributed by atoms with Crippen molar-refractivity contribution < 1.29 is 9.90 Å². The lowest BCUT2D eigenvalue weighted by atomic mass is 10.1. The van der Waals surface area contributed by atoms with Gasteiger partial charge in [-0.3, -0.25) is 4.79 Å². The zero-order chi connectivity index (χ0) is 14.0. The first-order chi connectivity index (χ1) is 8.99. The zero-order valence-electron chi connectivity index (χ0n) is 10.9. The first-order valence-electron chi connectivity index (χ1n) is 5.92. The molecular formula is C15H16N2O2. The average Bonchev–Trinajstić information content (AvgIpc) is 2.40. The molecule has 4 nitrogen and oxygen atoms in total. The molecule has 0 aromatic heterocycles. The third-order valence-electron chi connectivity index (χ3n) is 3.01. The molecule has 3 N–H and O–H groups in total. The molecule has 2 rings (SSSR count). The van der Waals surface area contributed by atoms with Gasteiger partial charge < -0.3 is 15.7 Å². The Morgan fingerprint density at radius 2 is 1.95 bits per heavy atom. The van der Waals surface area contributed by atoms with Crippen molar-refractivity contribution in [2.24, 2.45) is 0 Å². The summed E-state index contributed by atoms with van der Waals surface area (Å²) in [6, 6.07) is 11.9. The molecule has 0 saturated carbocycles. The average molecular weight is 256 g/mol. The predicted octanol–water partition coefficient (Wildman–Crippen LogP) is 2.56. The number of nitrogen functional groups attached to an aromatic ring is 1. The van der Waals surface area contributed by atoms with Gasteiger partial charge in [0, 0.05) is 24.0 Å². The number of anilines is 2. The monoisotopic (exact) mass is 256 g/mol.